The molecule has 1 aliphatic rings. The first-order valence-corrected chi connectivity index (χ1v) is 3.26. The Bertz CT molecular complexity index is 90.4. The first-order valence-electron chi connectivity index (χ1n) is 2.11. The minimum Gasteiger partial charge on any atom is -0.295 e. The molecule has 0 unspecified atom stereocenters. The maximum absolute atomic E-state index is 6.55. The van der Waals surface area contributed by atoms with E-state index >= 15 is 0 Å². The van der Waals surface area contributed by atoms with Crippen LogP contribution in [-0.2, 0) is 0 Å². The fourth-order valence-corrected chi connectivity index (χ4v) is 1.31. The van der Waals surface area contributed by atoms with E-state index in [-0.39, 0.29) is 6.17 Å². The van der Waals surface area contributed by atoms with E-state index in [0.717, 1.165) is 11.6 Å². The first kappa shape index (κ1) is 4.95. The van der Waals surface area contributed by atoms with E-state index in [1.54, 1.807) is 11.8 Å². The van der Waals surface area contributed by atoms with E-state index in [1.807, 2.05) is 0 Å². The predicted molar refractivity (Wildman–Crippen MR) is 30.9 cm³/mol. The highest BCUT2D eigenvalue weighted by Crippen LogP contribution is 2.09. The molecular weight excluding hydrogens is 108 g/mol. The van der Waals surface area contributed by atoms with Crippen molar-refractivity contribution < 1.29 is 0 Å². The zero-order valence-corrected chi connectivity index (χ0v) is 4.66. The largest absolute Gasteiger partial charge is 0.295 e. The lowest BCUT2D eigenvalue weighted by Gasteiger charge is -1.86. The van der Waals surface area contributed by atoms with Gasteiger partial charge in [-0.25, -0.2) is 11.9 Å². The Morgan fingerprint density at radius 3 is 3.00 bits per heavy atom. The minimum absolute atomic E-state index is 0.102. The summed E-state index contributed by atoms with van der Waals surface area (Å²) in [6, 6.07) is 0. The van der Waals surface area contributed by atoms with Crippen LogP contribution in [0.25, 0.3) is 4.85 Å². The van der Waals surface area contributed by atoms with E-state index in [2.05, 4.69) is 10.2 Å². The highest BCUT2D eigenvalue weighted by atomic mass is 32.2. The molecule has 1 saturated heterocycles. The molecule has 0 spiro atoms. The van der Waals surface area contributed by atoms with Crippen LogP contribution in [0.5, 0.6) is 0 Å². The molecule has 0 radical (unpaired) electrons. The minimum atomic E-state index is 0.102. The van der Waals surface area contributed by atoms with Gasteiger partial charge in [-0.1, -0.05) is 0 Å². The van der Waals surface area contributed by atoms with Crippen LogP contribution in [0, 0.1) is 6.57 Å². The maximum atomic E-state index is 6.55. The van der Waals surface area contributed by atoms with Crippen LogP contribution in [0.15, 0.2) is 0 Å². The molecule has 7 heavy (non-hydrogen) atoms. The van der Waals surface area contributed by atoms with Crippen molar-refractivity contribution in [3.8, 4) is 0 Å². The Labute approximate surface area is 47.1 Å². The summed E-state index contributed by atoms with van der Waals surface area (Å²) in [5.41, 5.74) is 0. The molecule has 1 N–H and O–H groups in total. The SMILES string of the molecule is [C-]#[N+][C@@H]1CSCN1. The molecule has 0 aromatic carbocycles. The summed E-state index contributed by atoms with van der Waals surface area (Å²) in [5, 5.41) is 3.02. The van der Waals surface area contributed by atoms with Gasteiger partial charge in [-0.2, -0.15) is 0 Å². The van der Waals surface area contributed by atoms with Crippen LogP contribution in [-0.4, -0.2) is 17.8 Å². The van der Waals surface area contributed by atoms with Crippen LogP contribution >= 0.6 is 11.8 Å². The molecule has 1 aliphatic heterocycles. The fraction of sp³-hybridized carbons (Fsp3) is 0.750. The van der Waals surface area contributed by atoms with Gasteiger partial charge in [-0.3, -0.25) is 4.85 Å². The molecular formula is C4H6N2S. The third-order valence-electron chi connectivity index (χ3n) is 0.853. The van der Waals surface area contributed by atoms with E-state index in [4.69, 9.17) is 6.57 Å². The normalized spacial score (nSPS) is 29.9. The van der Waals surface area contributed by atoms with Crippen LogP contribution < -0.4 is 5.32 Å². The molecule has 38 valence electrons. The third kappa shape index (κ3) is 1.08. The van der Waals surface area contributed by atoms with Crippen molar-refractivity contribution in [1.29, 1.82) is 0 Å². The quantitative estimate of drug-likeness (QED) is 0.462. The van der Waals surface area contributed by atoms with Gasteiger partial charge in [0.05, 0.1) is 5.75 Å². The monoisotopic (exact) mass is 114 g/mol. The molecule has 0 amide bonds. The van der Waals surface area contributed by atoms with Gasteiger partial charge in [0.1, 0.15) is 0 Å². The zero-order chi connectivity index (χ0) is 5.11. The lowest BCUT2D eigenvalue weighted by atomic mass is 10.6. The van der Waals surface area contributed by atoms with E-state index in [9.17, 15) is 0 Å². The first-order chi connectivity index (χ1) is 3.43. The lowest BCUT2D eigenvalue weighted by molar-refractivity contribution is 0.749. The summed E-state index contributed by atoms with van der Waals surface area (Å²) in [7, 11) is 0. The second kappa shape index (κ2) is 2.20. The average molecular weight is 114 g/mol. The smallest absolute Gasteiger partial charge is 0.286 e. The number of hydrogen-bond acceptors (Lipinski definition) is 2. The molecule has 1 heterocycles. The molecule has 0 aromatic rings. The standard InChI is InChI=1S/C4H6N2S/c1-5-4-2-7-3-6-4/h4,6H,2-3H2/t4-/m0/s1. The Balaban J connectivity index is 2.31. The summed E-state index contributed by atoms with van der Waals surface area (Å²) in [5.74, 6) is 1.91. The van der Waals surface area contributed by atoms with Gasteiger partial charge in [0.25, 0.3) is 6.17 Å². The van der Waals surface area contributed by atoms with E-state index in [1.165, 1.54) is 0 Å². The molecule has 1 fully saturated rings. The van der Waals surface area contributed by atoms with Gasteiger partial charge in [0.15, 0.2) is 0 Å². The third-order valence-corrected chi connectivity index (χ3v) is 1.77. The van der Waals surface area contributed by atoms with Crippen molar-refractivity contribution in [3.63, 3.8) is 0 Å². The van der Waals surface area contributed by atoms with Crippen LogP contribution in [0.3, 0.4) is 0 Å². The second-order valence-electron chi connectivity index (χ2n) is 1.36. The van der Waals surface area contributed by atoms with Crippen LogP contribution in [0.4, 0.5) is 0 Å². The number of nitrogens with zero attached hydrogens (tertiary/aromatic N) is 1. The second-order valence-corrected chi connectivity index (χ2v) is 2.39. The average Bonchev–Trinajstić information content (AvgIpc) is 2.14. The maximum Gasteiger partial charge on any atom is 0.286 e. The van der Waals surface area contributed by atoms with Crippen molar-refractivity contribution in [2.45, 2.75) is 6.17 Å². The fourth-order valence-electron chi connectivity index (χ4n) is 0.468. The van der Waals surface area contributed by atoms with E-state index < -0.39 is 0 Å². The van der Waals surface area contributed by atoms with E-state index in [0.29, 0.717) is 0 Å². The van der Waals surface area contributed by atoms with Gasteiger partial charge in [0, 0.05) is 5.88 Å². The zero-order valence-electron chi connectivity index (χ0n) is 3.85. The lowest BCUT2D eigenvalue weighted by Crippen LogP contribution is -2.18. The number of hydrogen-bond donors (Lipinski definition) is 1. The van der Waals surface area contributed by atoms with Crippen molar-refractivity contribution in [2.75, 3.05) is 11.6 Å². The van der Waals surface area contributed by atoms with Gasteiger partial charge in [-0.15, -0.1) is 11.8 Å². The summed E-state index contributed by atoms with van der Waals surface area (Å²) in [6.07, 6.45) is 0.102. The molecule has 3 heteroatoms. The van der Waals surface area contributed by atoms with Crippen LogP contribution in [0.1, 0.15) is 0 Å². The Hall–Kier alpha value is -0.200. The van der Waals surface area contributed by atoms with Gasteiger partial charge >= 0.3 is 0 Å². The summed E-state index contributed by atoms with van der Waals surface area (Å²) >= 11 is 1.78. The molecule has 0 aromatic heterocycles. The van der Waals surface area contributed by atoms with Gasteiger partial charge in [-0.05, 0) is 0 Å². The highest BCUT2D eigenvalue weighted by Gasteiger charge is 2.16. The topological polar surface area (TPSA) is 16.4 Å². The summed E-state index contributed by atoms with van der Waals surface area (Å²) < 4.78 is 0. The Morgan fingerprint density at radius 2 is 2.71 bits per heavy atom. The summed E-state index contributed by atoms with van der Waals surface area (Å²) in [4.78, 5) is 3.31. The van der Waals surface area contributed by atoms with Crippen molar-refractivity contribution in [2.24, 2.45) is 0 Å². The Kier molecular flexibility index (Phi) is 1.55. The van der Waals surface area contributed by atoms with Gasteiger partial charge in [0.2, 0.25) is 0 Å². The highest BCUT2D eigenvalue weighted by molar-refractivity contribution is 7.99. The van der Waals surface area contributed by atoms with Crippen molar-refractivity contribution in [3.05, 3.63) is 11.4 Å². The molecule has 0 aliphatic carbocycles. The Morgan fingerprint density at radius 1 is 1.86 bits per heavy atom. The molecule has 1 atom stereocenters. The molecule has 0 saturated carbocycles. The van der Waals surface area contributed by atoms with Gasteiger partial charge < -0.3 is 0 Å². The van der Waals surface area contributed by atoms with Crippen molar-refractivity contribution in [1.82, 2.24) is 5.32 Å². The molecule has 2 nitrogen and oxygen atoms in total. The molecule has 0 bridgehead atoms. The number of rotatable bonds is 0. The van der Waals surface area contributed by atoms with Crippen LogP contribution in [0.2, 0.25) is 0 Å². The summed E-state index contributed by atoms with van der Waals surface area (Å²) in [6.45, 7) is 6.55. The number of nitrogens with one attached hydrogen (secondary N) is 1. The predicted octanol–water partition coefficient (Wildman–Crippen LogP) is 0.526. The number of thioether (sulfide) groups is 1. The van der Waals surface area contributed by atoms with Crippen molar-refractivity contribution >= 4 is 11.8 Å². The molecule has 1 rings (SSSR count).